The van der Waals surface area contributed by atoms with Crippen LogP contribution in [0.25, 0.3) is 5.82 Å². The van der Waals surface area contributed by atoms with Crippen molar-refractivity contribution in [3.8, 4) is 5.82 Å². The van der Waals surface area contributed by atoms with Crippen LogP contribution in [0.1, 0.15) is 60.3 Å². The number of Topliss-reactive ketones (excluding diaryl/α,β-unsaturated/α-hetero) is 1. The lowest BCUT2D eigenvalue weighted by atomic mass is 9.95. The maximum Gasteiger partial charge on any atom is 0.226 e. The highest BCUT2D eigenvalue weighted by atomic mass is 16.1. The van der Waals surface area contributed by atoms with Gasteiger partial charge in [-0.15, -0.1) is 0 Å². The van der Waals surface area contributed by atoms with Gasteiger partial charge in [-0.3, -0.25) is 4.79 Å². The molecule has 27 heavy (non-hydrogen) atoms. The molecule has 0 aromatic carbocycles. The molecule has 2 unspecified atom stereocenters. The maximum absolute atomic E-state index is 12.2. The average molecular weight is 372 g/mol. The third kappa shape index (κ3) is 6.38. The highest BCUT2D eigenvalue weighted by Crippen LogP contribution is 2.20. The second-order valence-corrected chi connectivity index (χ2v) is 7.42. The molecule has 2 heterocycles. The van der Waals surface area contributed by atoms with Crippen molar-refractivity contribution < 1.29 is 4.79 Å². The maximum atomic E-state index is 12.2. The number of hydrogen-bond donors (Lipinski definition) is 2. The second kappa shape index (κ2) is 10.1. The summed E-state index contributed by atoms with van der Waals surface area (Å²) in [4.78, 5) is 21.4. The Morgan fingerprint density at radius 1 is 1.15 bits per heavy atom. The van der Waals surface area contributed by atoms with Gasteiger partial charge in [0.05, 0.1) is 6.04 Å². The molecule has 0 aliphatic heterocycles. The van der Waals surface area contributed by atoms with Gasteiger partial charge in [-0.25, -0.2) is 0 Å². The zero-order valence-corrected chi connectivity index (χ0v) is 17.2. The van der Waals surface area contributed by atoms with E-state index in [0.717, 1.165) is 31.5 Å². The van der Waals surface area contributed by atoms with Crippen molar-refractivity contribution >= 4 is 17.5 Å². The fraction of sp³-hybridized carbons (Fsp3) is 0.571. The van der Waals surface area contributed by atoms with E-state index >= 15 is 0 Å². The van der Waals surface area contributed by atoms with Gasteiger partial charge in [0.1, 0.15) is 11.6 Å². The summed E-state index contributed by atoms with van der Waals surface area (Å²) >= 11 is 0. The molecular weight excluding hydrogens is 338 g/mol. The molecule has 0 bridgehead atoms. The zero-order chi connectivity index (χ0) is 19.8. The van der Waals surface area contributed by atoms with E-state index in [4.69, 9.17) is 0 Å². The van der Waals surface area contributed by atoms with Crippen molar-refractivity contribution in [1.82, 2.24) is 14.5 Å². The Kier molecular flexibility index (Phi) is 7.82. The predicted molar refractivity (Wildman–Crippen MR) is 112 cm³/mol. The first kappa shape index (κ1) is 20.9. The third-order valence-corrected chi connectivity index (χ3v) is 4.80. The quantitative estimate of drug-likeness (QED) is 0.600. The van der Waals surface area contributed by atoms with E-state index in [0.29, 0.717) is 17.7 Å². The van der Waals surface area contributed by atoms with E-state index in [9.17, 15) is 4.79 Å². The van der Waals surface area contributed by atoms with E-state index in [1.165, 1.54) is 0 Å². The highest BCUT2D eigenvalue weighted by molar-refractivity contribution is 5.84. The van der Waals surface area contributed by atoms with Gasteiger partial charge in [0.25, 0.3) is 0 Å². The molecule has 0 aliphatic carbocycles. The van der Waals surface area contributed by atoms with Crippen molar-refractivity contribution in [3.05, 3.63) is 30.6 Å². The summed E-state index contributed by atoms with van der Waals surface area (Å²) in [6, 6.07) is 5.84. The largest absolute Gasteiger partial charge is 0.360 e. The van der Waals surface area contributed by atoms with Crippen molar-refractivity contribution in [1.29, 1.82) is 0 Å². The Labute approximate surface area is 162 Å². The SMILES string of the molecule is CCCC(C)C[C@@H](Nc1cc(-n2cccc2)nc(NC(C)CC)n1)C(C)=O. The molecule has 6 heteroatoms. The first-order valence-corrected chi connectivity index (χ1v) is 9.98. The van der Waals surface area contributed by atoms with Crippen LogP contribution in [0.5, 0.6) is 0 Å². The summed E-state index contributed by atoms with van der Waals surface area (Å²) in [6.45, 7) is 10.2. The van der Waals surface area contributed by atoms with Gasteiger partial charge in [-0.05, 0) is 44.7 Å². The summed E-state index contributed by atoms with van der Waals surface area (Å²) in [5.41, 5.74) is 0. The molecule has 0 radical (unpaired) electrons. The van der Waals surface area contributed by atoms with Crippen LogP contribution in [0.15, 0.2) is 30.6 Å². The van der Waals surface area contributed by atoms with Crippen LogP contribution >= 0.6 is 0 Å². The number of carbonyl (C=O) groups excluding carboxylic acids is 1. The minimum Gasteiger partial charge on any atom is -0.360 e. The van der Waals surface area contributed by atoms with Crippen LogP contribution in [0.3, 0.4) is 0 Å². The Morgan fingerprint density at radius 3 is 2.44 bits per heavy atom. The number of nitrogens with one attached hydrogen (secondary N) is 2. The van der Waals surface area contributed by atoms with Crippen LogP contribution < -0.4 is 10.6 Å². The second-order valence-electron chi connectivity index (χ2n) is 7.42. The fourth-order valence-electron chi connectivity index (χ4n) is 3.03. The Balaban J connectivity index is 2.28. The molecular formula is C21H33N5O. The molecule has 148 valence electrons. The Bertz CT molecular complexity index is 713. The molecule has 0 amide bonds. The first-order chi connectivity index (χ1) is 12.9. The molecule has 0 saturated heterocycles. The minimum atomic E-state index is -0.240. The lowest BCUT2D eigenvalue weighted by Crippen LogP contribution is -2.30. The predicted octanol–water partition coefficient (Wildman–Crippen LogP) is 4.67. The summed E-state index contributed by atoms with van der Waals surface area (Å²) in [5, 5.41) is 6.69. The molecule has 2 aromatic rings. The van der Waals surface area contributed by atoms with E-state index in [1.807, 2.05) is 35.2 Å². The van der Waals surface area contributed by atoms with Crippen molar-refractivity contribution in [2.45, 2.75) is 72.4 Å². The van der Waals surface area contributed by atoms with Crippen molar-refractivity contribution in [3.63, 3.8) is 0 Å². The molecule has 2 rings (SSSR count). The third-order valence-electron chi connectivity index (χ3n) is 4.80. The molecule has 6 nitrogen and oxygen atoms in total. The molecule has 3 atom stereocenters. The van der Waals surface area contributed by atoms with E-state index in [2.05, 4.69) is 48.3 Å². The van der Waals surface area contributed by atoms with Crippen LogP contribution in [-0.2, 0) is 4.79 Å². The lowest BCUT2D eigenvalue weighted by molar-refractivity contribution is -0.118. The van der Waals surface area contributed by atoms with Gasteiger partial charge in [0.2, 0.25) is 5.95 Å². The van der Waals surface area contributed by atoms with Gasteiger partial charge < -0.3 is 15.2 Å². The van der Waals surface area contributed by atoms with Gasteiger partial charge in [0.15, 0.2) is 5.78 Å². The minimum absolute atomic E-state index is 0.135. The summed E-state index contributed by atoms with van der Waals surface area (Å²) in [6.07, 6.45) is 7.92. The van der Waals surface area contributed by atoms with Gasteiger partial charge in [-0.2, -0.15) is 9.97 Å². The highest BCUT2D eigenvalue weighted by Gasteiger charge is 2.19. The number of hydrogen-bond acceptors (Lipinski definition) is 5. The number of aromatic nitrogens is 3. The number of nitrogens with zero attached hydrogens (tertiary/aromatic N) is 3. The summed E-state index contributed by atoms with van der Waals surface area (Å²) in [5.74, 6) is 2.63. The van der Waals surface area contributed by atoms with Crippen LogP contribution in [-0.4, -0.2) is 32.4 Å². The smallest absolute Gasteiger partial charge is 0.226 e. The molecule has 0 saturated carbocycles. The van der Waals surface area contributed by atoms with E-state index in [-0.39, 0.29) is 17.9 Å². The van der Waals surface area contributed by atoms with Crippen LogP contribution in [0, 0.1) is 5.92 Å². The molecule has 0 spiro atoms. The van der Waals surface area contributed by atoms with E-state index < -0.39 is 0 Å². The van der Waals surface area contributed by atoms with E-state index in [1.54, 1.807) is 6.92 Å². The molecule has 0 fully saturated rings. The number of anilines is 2. The van der Waals surface area contributed by atoms with Crippen LogP contribution in [0.2, 0.25) is 0 Å². The molecule has 2 aromatic heterocycles. The zero-order valence-electron chi connectivity index (χ0n) is 17.2. The van der Waals surface area contributed by atoms with Crippen molar-refractivity contribution in [2.75, 3.05) is 10.6 Å². The number of ketones is 1. The Hall–Kier alpha value is -2.37. The standard InChI is InChI=1S/C21H33N5O/c1-6-10-15(3)13-18(17(5)27)23-19-14-20(26-11-8-9-12-26)25-21(24-19)22-16(4)7-2/h8-9,11-12,14-16,18H,6-7,10,13H2,1-5H3,(H2,22,23,24,25)/t15?,16?,18-/m1/s1. The fourth-order valence-corrected chi connectivity index (χ4v) is 3.03. The molecule has 2 N–H and O–H groups in total. The van der Waals surface area contributed by atoms with Gasteiger partial charge in [0, 0.05) is 24.5 Å². The summed E-state index contributed by atoms with van der Waals surface area (Å²) < 4.78 is 1.94. The monoisotopic (exact) mass is 371 g/mol. The lowest BCUT2D eigenvalue weighted by Gasteiger charge is -2.21. The Morgan fingerprint density at radius 2 is 1.85 bits per heavy atom. The average Bonchev–Trinajstić information content (AvgIpc) is 3.15. The summed E-state index contributed by atoms with van der Waals surface area (Å²) in [7, 11) is 0. The molecule has 0 aliphatic rings. The number of carbonyl (C=O) groups is 1. The van der Waals surface area contributed by atoms with Crippen molar-refractivity contribution in [2.24, 2.45) is 5.92 Å². The first-order valence-electron chi connectivity index (χ1n) is 9.98. The van der Waals surface area contributed by atoms with Gasteiger partial charge >= 0.3 is 0 Å². The van der Waals surface area contributed by atoms with Crippen LogP contribution in [0.4, 0.5) is 11.8 Å². The number of rotatable bonds is 11. The normalized spacial score (nSPS) is 14.4. The van der Waals surface area contributed by atoms with Gasteiger partial charge in [-0.1, -0.05) is 33.6 Å². The topological polar surface area (TPSA) is 71.8 Å².